The lowest BCUT2D eigenvalue weighted by Crippen LogP contribution is -2.34. The molecule has 1 fully saturated rings. The van der Waals surface area contributed by atoms with E-state index < -0.39 is 0 Å². The quantitative estimate of drug-likeness (QED) is 0.765. The molecular weight excluding hydrogens is 380 g/mol. The molecule has 0 spiro atoms. The second kappa shape index (κ2) is 8.38. The van der Waals surface area contributed by atoms with Gasteiger partial charge in [-0.3, -0.25) is 9.59 Å². The van der Waals surface area contributed by atoms with E-state index >= 15 is 0 Å². The molecule has 6 nitrogen and oxygen atoms in total. The largest absolute Gasteiger partial charge is 0.483 e. The Labute approximate surface area is 177 Å². The van der Waals surface area contributed by atoms with Crippen LogP contribution >= 0.6 is 0 Å². The van der Waals surface area contributed by atoms with Crippen LogP contribution in [0, 0.1) is 5.92 Å². The molecule has 158 valence electrons. The highest BCUT2D eigenvalue weighted by atomic mass is 16.5. The van der Waals surface area contributed by atoms with Crippen molar-refractivity contribution >= 4 is 11.8 Å². The Balaban J connectivity index is 1.24. The first-order valence-corrected chi connectivity index (χ1v) is 10.4. The summed E-state index contributed by atoms with van der Waals surface area (Å²) in [5.74, 6) is 1.38. The van der Waals surface area contributed by atoms with Gasteiger partial charge in [-0.15, -0.1) is 0 Å². The molecule has 1 unspecified atom stereocenters. The van der Waals surface area contributed by atoms with E-state index in [4.69, 9.17) is 9.47 Å². The number of benzene rings is 2. The van der Waals surface area contributed by atoms with E-state index in [1.54, 1.807) is 0 Å². The topological polar surface area (TPSA) is 67.9 Å². The fourth-order valence-electron chi connectivity index (χ4n) is 4.10. The molecule has 4 rings (SSSR count). The normalized spacial score (nSPS) is 19.3. The third-order valence-corrected chi connectivity index (χ3v) is 5.51. The molecule has 2 aromatic rings. The first kappa shape index (κ1) is 20.3. The van der Waals surface area contributed by atoms with Crippen molar-refractivity contribution in [1.29, 1.82) is 0 Å². The number of para-hydroxylation sites is 1. The summed E-state index contributed by atoms with van der Waals surface area (Å²) in [6.45, 7) is 5.73. The summed E-state index contributed by atoms with van der Waals surface area (Å²) in [6, 6.07) is 15.7. The molecule has 0 radical (unpaired) electrons. The van der Waals surface area contributed by atoms with Gasteiger partial charge in [0.05, 0.1) is 0 Å². The number of carbonyl (C=O) groups is 2. The zero-order valence-corrected chi connectivity index (χ0v) is 17.5. The van der Waals surface area contributed by atoms with Crippen molar-refractivity contribution in [3.8, 4) is 11.5 Å². The van der Waals surface area contributed by atoms with Gasteiger partial charge in [0.25, 0.3) is 5.91 Å². The van der Waals surface area contributed by atoms with Crippen molar-refractivity contribution in [2.45, 2.75) is 38.8 Å². The van der Waals surface area contributed by atoms with Crippen molar-refractivity contribution < 1.29 is 19.1 Å². The Morgan fingerprint density at radius 3 is 2.80 bits per heavy atom. The number of carbonyl (C=O) groups excluding carboxylic acids is 2. The van der Waals surface area contributed by atoms with Crippen LogP contribution in [0.3, 0.4) is 0 Å². The molecule has 6 heteroatoms. The Morgan fingerprint density at radius 2 is 2.00 bits per heavy atom. The van der Waals surface area contributed by atoms with Gasteiger partial charge >= 0.3 is 0 Å². The molecular formula is C24H28N2O4. The first-order chi connectivity index (χ1) is 14.4. The molecule has 0 bridgehead atoms. The molecule has 2 aliphatic rings. The molecule has 0 aliphatic carbocycles. The highest BCUT2D eigenvalue weighted by molar-refractivity contribution is 5.80. The Kier molecular flexibility index (Phi) is 5.66. The Hall–Kier alpha value is -3.02. The molecule has 2 amide bonds. The van der Waals surface area contributed by atoms with E-state index in [0.29, 0.717) is 31.8 Å². The average Bonchev–Trinajstić information content (AvgIpc) is 3.23. The highest BCUT2D eigenvalue weighted by Crippen LogP contribution is 2.41. The number of fused-ring (bicyclic) bond motifs is 1. The van der Waals surface area contributed by atoms with Gasteiger partial charge in [0.15, 0.2) is 18.1 Å². The lowest BCUT2D eigenvalue weighted by Gasteiger charge is -2.18. The zero-order chi connectivity index (χ0) is 21.1. The monoisotopic (exact) mass is 408 g/mol. The predicted octanol–water partition coefficient (Wildman–Crippen LogP) is 2.94. The lowest BCUT2D eigenvalue weighted by atomic mass is 10.0. The predicted molar refractivity (Wildman–Crippen MR) is 113 cm³/mol. The summed E-state index contributed by atoms with van der Waals surface area (Å²) >= 11 is 0. The molecule has 2 aromatic carbocycles. The smallest absolute Gasteiger partial charge is 0.257 e. The van der Waals surface area contributed by atoms with Crippen LogP contribution in [0.1, 0.15) is 31.4 Å². The maximum absolute atomic E-state index is 12.3. The van der Waals surface area contributed by atoms with E-state index in [1.807, 2.05) is 67.3 Å². The summed E-state index contributed by atoms with van der Waals surface area (Å²) in [5, 5.41) is 2.90. The van der Waals surface area contributed by atoms with Gasteiger partial charge in [-0.25, -0.2) is 0 Å². The molecule has 30 heavy (non-hydrogen) atoms. The highest BCUT2D eigenvalue weighted by Gasteiger charge is 2.32. The van der Waals surface area contributed by atoms with Gasteiger partial charge in [-0.05, 0) is 25.5 Å². The minimum Gasteiger partial charge on any atom is -0.483 e. The fraction of sp³-hybridized carbons (Fsp3) is 0.417. The van der Waals surface area contributed by atoms with Gasteiger partial charge < -0.3 is 19.7 Å². The van der Waals surface area contributed by atoms with Gasteiger partial charge in [0.1, 0.15) is 5.60 Å². The summed E-state index contributed by atoms with van der Waals surface area (Å²) in [6.07, 6.45) is 1.28. The first-order valence-electron chi connectivity index (χ1n) is 10.4. The Bertz CT molecular complexity index is 926. The molecule has 1 saturated heterocycles. The van der Waals surface area contributed by atoms with Gasteiger partial charge in [0.2, 0.25) is 5.91 Å². The molecule has 1 atom stereocenters. The number of ether oxygens (including phenoxy) is 2. The SMILES string of the molecule is CC1(C)Cc2cccc(OCC(=O)NCC3CC(=O)N(Cc4ccccc4)C3)c2O1. The number of hydrogen-bond donors (Lipinski definition) is 1. The maximum atomic E-state index is 12.3. The summed E-state index contributed by atoms with van der Waals surface area (Å²) in [4.78, 5) is 26.4. The number of nitrogens with zero attached hydrogens (tertiary/aromatic N) is 1. The summed E-state index contributed by atoms with van der Waals surface area (Å²) in [5.41, 5.74) is 1.95. The van der Waals surface area contributed by atoms with Crippen LogP contribution in [0.4, 0.5) is 0 Å². The van der Waals surface area contributed by atoms with Crippen molar-refractivity contribution in [1.82, 2.24) is 10.2 Å². The molecule has 1 N–H and O–H groups in total. The zero-order valence-electron chi connectivity index (χ0n) is 17.5. The summed E-state index contributed by atoms with van der Waals surface area (Å²) in [7, 11) is 0. The summed E-state index contributed by atoms with van der Waals surface area (Å²) < 4.78 is 11.7. The number of amides is 2. The van der Waals surface area contributed by atoms with Crippen LogP contribution in [0.5, 0.6) is 11.5 Å². The van der Waals surface area contributed by atoms with Gasteiger partial charge in [-0.2, -0.15) is 0 Å². The second-order valence-corrected chi connectivity index (χ2v) is 8.71. The minimum absolute atomic E-state index is 0.0748. The standard InChI is InChI=1S/C24H28N2O4/c1-24(2)12-19-9-6-10-20(23(19)30-24)29-16-21(27)25-13-18-11-22(28)26(15-18)14-17-7-4-3-5-8-17/h3-10,18H,11-16H2,1-2H3,(H,25,27). The number of rotatable bonds is 7. The average molecular weight is 408 g/mol. The van der Waals surface area contributed by atoms with Crippen molar-refractivity contribution in [3.05, 3.63) is 59.7 Å². The van der Waals surface area contributed by atoms with Crippen molar-refractivity contribution in [2.75, 3.05) is 19.7 Å². The molecule has 0 aromatic heterocycles. The molecule has 2 aliphatic heterocycles. The second-order valence-electron chi connectivity index (χ2n) is 8.71. The third kappa shape index (κ3) is 4.75. The minimum atomic E-state index is -0.259. The van der Waals surface area contributed by atoms with Crippen LogP contribution in [-0.4, -0.2) is 42.0 Å². The van der Waals surface area contributed by atoms with Crippen LogP contribution < -0.4 is 14.8 Å². The lowest BCUT2D eigenvalue weighted by molar-refractivity contribution is -0.128. The van der Waals surface area contributed by atoms with Crippen LogP contribution in [-0.2, 0) is 22.6 Å². The number of nitrogens with one attached hydrogen (secondary N) is 1. The number of hydrogen-bond acceptors (Lipinski definition) is 4. The van der Waals surface area contributed by atoms with Crippen LogP contribution in [0.25, 0.3) is 0 Å². The van der Waals surface area contributed by atoms with Crippen LogP contribution in [0.2, 0.25) is 0 Å². The van der Waals surface area contributed by atoms with E-state index in [9.17, 15) is 9.59 Å². The third-order valence-electron chi connectivity index (χ3n) is 5.51. The fourth-order valence-corrected chi connectivity index (χ4v) is 4.10. The Morgan fingerprint density at radius 1 is 1.20 bits per heavy atom. The van der Waals surface area contributed by atoms with E-state index in [1.165, 1.54) is 0 Å². The van der Waals surface area contributed by atoms with Gasteiger partial charge in [-0.1, -0.05) is 42.5 Å². The van der Waals surface area contributed by atoms with Crippen molar-refractivity contribution in [3.63, 3.8) is 0 Å². The van der Waals surface area contributed by atoms with Gasteiger partial charge in [0, 0.05) is 44.0 Å². The van der Waals surface area contributed by atoms with Crippen molar-refractivity contribution in [2.24, 2.45) is 5.92 Å². The van der Waals surface area contributed by atoms with E-state index in [-0.39, 0.29) is 29.9 Å². The van der Waals surface area contributed by atoms with Crippen LogP contribution in [0.15, 0.2) is 48.5 Å². The maximum Gasteiger partial charge on any atom is 0.257 e. The molecule has 2 heterocycles. The number of likely N-dealkylation sites (tertiary alicyclic amines) is 1. The van der Waals surface area contributed by atoms with E-state index in [2.05, 4.69) is 5.32 Å². The van der Waals surface area contributed by atoms with E-state index in [0.717, 1.165) is 23.3 Å². The molecule has 0 saturated carbocycles.